The van der Waals surface area contributed by atoms with Gasteiger partial charge in [-0.25, -0.2) is 9.78 Å². The van der Waals surface area contributed by atoms with Crippen molar-refractivity contribution in [1.82, 2.24) is 4.98 Å². The standard InChI is InChI=1S/C19H15Cl2F3N2O2/c20-13-5-3-11(9-1-2-9)16(21)15(13)10-7-26(8-10)14-6-4-12(18(27)28)17(25-14)19(22,23)24/h3-6,9-10H,1-2,7-8H2,(H,27,28). The zero-order valence-corrected chi connectivity index (χ0v) is 15.9. The van der Waals surface area contributed by atoms with E-state index in [0.717, 1.165) is 30.0 Å². The van der Waals surface area contributed by atoms with Gasteiger partial charge in [0.1, 0.15) is 5.82 Å². The molecule has 1 aliphatic heterocycles. The summed E-state index contributed by atoms with van der Waals surface area (Å²) in [6.45, 7) is 0.814. The number of carbonyl (C=O) groups is 1. The third-order valence-corrected chi connectivity index (χ3v) is 5.92. The first kappa shape index (κ1) is 19.3. The molecule has 1 N–H and O–H groups in total. The zero-order chi connectivity index (χ0) is 20.2. The van der Waals surface area contributed by atoms with Crippen LogP contribution in [-0.2, 0) is 6.18 Å². The third-order valence-electron chi connectivity index (χ3n) is 5.17. The Morgan fingerprint density at radius 1 is 1.11 bits per heavy atom. The average Bonchev–Trinajstić information content (AvgIpc) is 3.40. The number of anilines is 1. The summed E-state index contributed by atoms with van der Waals surface area (Å²) in [5.74, 6) is -1.14. The SMILES string of the molecule is O=C(O)c1ccc(N2CC(c3c(Cl)ccc(C4CC4)c3Cl)C2)nc1C(F)(F)F. The van der Waals surface area contributed by atoms with E-state index >= 15 is 0 Å². The van der Waals surface area contributed by atoms with Crippen LogP contribution in [0.15, 0.2) is 24.3 Å². The Kier molecular flexibility index (Phi) is 4.70. The predicted octanol–water partition coefficient (Wildman–Crippen LogP) is 5.59. The van der Waals surface area contributed by atoms with Crippen molar-refractivity contribution in [2.45, 2.75) is 30.9 Å². The lowest BCUT2D eigenvalue weighted by molar-refractivity contribution is -0.141. The van der Waals surface area contributed by atoms with Crippen molar-refractivity contribution in [3.05, 3.63) is 56.7 Å². The number of carboxylic acid groups (broad SMARTS) is 1. The molecule has 2 fully saturated rings. The van der Waals surface area contributed by atoms with Crippen LogP contribution < -0.4 is 4.90 Å². The van der Waals surface area contributed by atoms with E-state index in [1.54, 1.807) is 4.90 Å². The first-order valence-corrected chi connectivity index (χ1v) is 9.46. The van der Waals surface area contributed by atoms with Crippen molar-refractivity contribution >= 4 is 35.0 Å². The number of carboxylic acids is 1. The lowest BCUT2D eigenvalue weighted by Gasteiger charge is -2.41. The molecule has 2 aliphatic rings. The molecule has 1 saturated carbocycles. The van der Waals surface area contributed by atoms with Gasteiger partial charge in [0.2, 0.25) is 0 Å². The number of hydrogen-bond donors (Lipinski definition) is 1. The van der Waals surface area contributed by atoms with Gasteiger partial charge in [-0.05, 0) is 48.1 Å². The first-order valence-electron chi connectivity index (χ1n) is 8.71. The number of benzene rings is 1. The monoisotopic (exact) mass is 430 g/mol. The maximum absolute atomic E-state index is 13.2. The van der Waals surface area contributed by atoms with Gasteiger partial charge in [0.05, 0.1) is 5.56 Å². The molecule has 9 heteroatoms. The molecule has 1 aliphatic carbocycles. The molecule has 2 aromatic rings. The van der Waals surface area contributed by atoms with Crippen LogP contribution in [0.5, 0.6) is 0 Å². The van der Waals surface area contributed by atoms with E-state index < -0.39 is 23.4 Å². The van der Waals surface area contributed by atoms with E-state index in [1.807, 2.05) is 12.1 Å². The average molecular weight is 431 g/mol. The van der Waals surface area contributed by atoms with E-state index in [0.29, 0.717) is 29.1 Å². The summed E-state index contributed by atoms with van der Waals surface area (Å²) in [5, 5.41) is 10.2. The number of aromatic nitrogens is 1. The zero-order valence-electron chi connectivity index (χ0n) is 14.4. The normalized spacial score (nSPS) is 17.5. The van der Waals surface area contributed by atoms with Crippen LogP contribution in [0.1, 0.15) is 51.9 Å². The molecule has 0 spiro atoms. The molecule has 1 aromatic carbocycles. The molecule has 0 unspecified atom stereocenters. The minimum absolute atomic E-state index is 0.0195. The molecule has 0 radical (unpaired) electrons. The minimum Gasteiger partial charge on any atom is -0.478 e. The third kappa shape index (κ3) is 3.42. The molecule has 0 bridgehead atoms. The molecular weight excluding hydrogens is 416 g/mol. The Hall–Kier alpha value is -1.99. The van der Waals surface area contributed by atoms with Crippen LogP contribution in [0, 0.1) is 0 Å². The summed E-state index contributed by atoms with van der Waals surface area (Å²) in [5.41, 5.74) is -0.366. The maximum atomic E-state index is 13.2. The second kappa shape index (κ2) is 6.81. The van der Waals surface area contributed by atoms with Gasteiger partial charge in [0.15, 0.2) is 5.69 Å². The molecule has 28 heavy (non-hydrogen) atoms. The van der Waals surface area contributed by atoms with Gasteiger partial charge in [0, 0.05) is 29.1 Å². The minimum atomic E-state index is -4.85. The highest BCUT2D eigenvalue weighted by molar-refractivity contribution is 6.36. The number of nitrogens with zero attached hydrogens (tertiary/aromatic N) is 2. The maximum Gasteiger partial charge on any atom is 0.434 e. The molecule has 2 heterocycles. The topological polar surface area (TPSA) is 53.4 Å². The molecular formula is C19H15Cl2F3N2O2. The Morgan fingerprint density at radius 3 is 2.36 bits per heavy atom. The van der Waals surface area contributed by atoms with Gasteiger partial charge in [-0.3, -0.25) is 0 Å². The van der Waals surface area contributed by atoms with Crippen LogP contribution in [0.4, 0.5) is 19.0 Å². The van der Waals surface area contributed by atoms with Crippen LogP contribution in [0.25, 0.3) is 0 Å². The van der Waals surface area contributed by atoms with Crippen LogP contribution in [-0.4, -0.2) is 29.1 Å². The smallest absolute Gasteiger partial charge is 0.434 e. The molecule has 0 atom stereocenters. The fourth-order valence-electron chi connectivity index (χ4n) is 3.53. The summed E-state index contributed by atoms with van der Waals surface area (Å²) in [4.78, 5) is 16.3. The Bertz CT molecular complexity index is 955. The Morgan fingerprint density at radius 2 is 1.79 bits per heavy atom. The van der Waals surface area contributed by atoms with E-state index in [1.165, 1.54) is 6.07 Å². The summed E-state index contributed by atoms with van der Waals surface area (Å²) >= 11 is 12.9. The van der Waals surface area contributed by atoms with Crippen molar-refractivity contribution in [2.75, 3.05) is 18.0 Å². The van der Waals surface area contributed by atoms with Gasteiger partial charge in [-0.2, -0.15) is 13.2 Å². The van der Waals surface area contributed by atoms with Gasteiger partial charge < -0.3 is 10.0 Å². The van der Waals surface area contributed by atoms with Gasteiger partial charge >= 0.3 is 12.1 Å². The first-order chi connectivity index (χ1) is 13.2. The molecule has 4 rings (SSSR count). The summed E-state index contributed by atoms with van der Waals surface area (Å²) < 4.78 is 39.5. The lowest BCUT2D eigenvalue weighted by Crippen LogP contribution is -2.46. The Labute approximate surface area is 168 Å². The van der Waals surface area contributed by atoms with Crippen molar-refractivity contribution in [3.63, 3.8) is 0 Å². The Balaban J connectivity index is 1.58. The fourth-order valence-corrected chi connectivity index (χ4v) is 4.37. The van der Waals surface area contributed by atoms with Crippen molar-refractivity contribution in [2.24, 2.45) is 0 Å². The van der Waals surface area contributed by atoms with Crippen LogP contribution in [0.2, 0.25) is 10.0 Å². The van der Waals surface area contributed by atoms with Gasteiger partial charge in [-0.15, -0.1) is 0 Å². The largest absolute Gasteiger partial charge is 0.478 e. The molecule has 0 amide bonds. The summed E-state index contributed by atoms with van der Waals surface area (Å²) in [6, 6.07) is 5.98. The number of aromatic carboxylic acids is 1. The molecule has 1 saturated heterocycles. The number of hydrogen-bond acceptors (Lipinski definition) is 3. The predicted molar refractivity (Wildman–Crippen MR) is 99.6 cm³/mol. The number of alkyl halides is 3. The second-order valence-electron chi connectivity index (χ2n) is 7.11. The van der Waals surface area contributed by atoms with Crippen molar-refractivity contribution in [1.29, 1.82) is 0 Å². The van der Waals surface area contributed by atoms with Crippen molar-refractivity contribution in [3.8, 4) is 0 Å². The van der Waals surface area contributed by atoms with E-state index in [9.17, 15) is 18.0 Å². The van der Waals surface area contributed by atoms with Crippen LogP contribution in [0.3, 0.4) is 0 Å². The fraction of sp³-hybridized carbons (Fsp3) is 0.368. The van der Waals surface area contributed by atoms with E-state index in [2.05, 4.69) is 4.98 Å². The second-order valence-corrected chi connectivity index (χ2v) is 7.89. The molecule has 1 aromatic heterocycles. The quantitative estimate of drug-likeness (QED) is 0.686. The number of pyridine rings is 1. The molecule has 4 nitrogen and oxygen atoms in total. The molecule has 148 valence electrons. The van der Waals surface area contributed by atoms with Gasteiger partial charge in [0.25, 0.3) is 0 Å². The summed E-state index contributed by atoms with van der Waals surface area (Å²) in [6.07, 6.45) is -2.66. The van der Waals surface area contributed by atoms with Crippen LogP contribution >= 0.6 is 23.2 Å². The lowest BCUT2D eigenvalue weighted by atomic mass is 9.89. The number of halogens is 5. The van der Waals surface area contributed by atoms with Crippen molar-refractivity contribution < 1.29 is 23.1 Å². The highest BCUT2D eigenvalue weighted by Gasteiger charge is 2.40. The summed E-state index contributed by atoms with van der Waals surface area (Å²) in [7, 11) is 0. The van der Waals surface area contributed by atoms with E-state index in [-0.39, 0.29) is 11.7 Å². The highest BCUT2D eigenvalue weighted by atomic mass is 35.5. The van der Waals surface area contributed by atoms with E-state index in [4.69, 9.17) is 28.3 Å². The van der Waals surface area contributed by atoms with Gasteiger partial charge in [-0.1, -0.05) is 29.3 Å². The highest BCUT2D eigenvalue weighted by Crippen LogP contribution is 2.48. The number of rotatable bonds is 4.